The fourth-order valence-electron chi connectivity index (χ4n) is 0.736. The van der Waals surface area contributed by atoms with Gasteiger partial charge in [0.05, 0.1) is 5.92 Å². The number of ketones is 4. The van der Waals surface area contributed by atoms with Crippen LogP contribution in [-0.2, 0) is 19.2 Å². The Morgan fingerprint density at radius 1 is 0.900 bits per heavy atom. The average molecular weight is 140 g/mol. The van der Waals surface area contributed by atoms with E-state index in [2.05, 4.69) is 0 Å². The monoisotopic (exact) mass is 140 g/mol. The Hall–Kier alpha value is -1.32. The summed E-state index contributed by atoms with van der Waals surface area (Å²) >= 11 is 0. The molecule has 0 aliphatic heterocycles. The number of carbonyl (C=O) groups is 4. The molecule has 1 saturated carbocycles. The first-order valence-corrected chi connectivity index (χ1v) is 2.72. The number of carbonyl (C=O) groups excluding carboxylic acids is 4. The molecule has 0 unspecified atom stereocenters. The largest absolute Gasteiger partial charge is 0.290 e. The van der Waals surface area contributed by atoms with Crippen LogP contribution in [-0.4, -0.2) is 23.1 Å². The van der Waals surface area contributed by atoms with Crippen molar-refractivity contribution >= 4 is 23.1 Å². The quantitative estimate of drug-likeness (QED) is 0.317. The van der Waals surface area contributed by atoms with Gasteiger partial charge in [-0.3, -0.25) is 19.2 Å². The molecule has 0 aromatic heterocycles. The summed E-state index contributed by atoms with van der Waals surface area (Å²) in [5.74, 6) is -5.14. The molecule has 10 heavy (non-hydrogen) atoms. The first-order valence-electron chi connectivity index (χ1n) is 2.72. The molecule has 0 heterocycles. The van der Waals surface area contributed by atoms with Crippen LogP contribution in [0.1, 0.15) is 6.92 Å². The number of hydrogen-bond donors (Lipinski definition) is 0. The van der Waals surface area contributed by atoms with Gasteiger partial charge in [0.15, 0.2) is 0 Å². The van der Waals surface area contributed by atoms with Gasteiger partial charge >= 0.3 is 0 Å². The van der Waals surface area contributed by atoms with Gasteiger partial charge in [-0.1, -0.05) is 0 Å². The van der Waals surface area contributed by atoms with E-state index in [4.69, 9.17) is 0 Å². The average Bonchev–Trinajstić information content (AvgIpc) is 2.07. The summed E-state index contributed by atoms with van der Waals surface area (Å²) in [6.45, 7) is 1.26. The highest BCUT2D eigenvalue weighted by atomic mass is 16.2. The van der Waals surface area contributed by atoms with E-state index in [1.165, 1.54) is 6.92 Å². The smallest absolute Gasteiger partial charge is 0.272 e. The van der Waals surface area contributed by atoms with Crippen molar-refractivity contribution < 1.29 is 19.2 Å². The Balaban J connectivity index is 3.12. The van der Waals surface area contributed by atoms with Crippen molar-refractivity contribution in [3.05, 3.63) is 0 Å². The van der Waals surface area contributed by atoms with Crippen LogP contribution >= 0.6 is 0 Å². The van der Waals surface area contributed by atoms with Crippen molar-refractivity contribution in [1.82, 2.24) is 0 Å². The number of rotatable bonds is 0. The molecule has 0 amide bonds. The second-order valence-corrected chi connectivity index (χ2v) is 2.11. The van der Waals surface area contributed by atoms with Gasteiger partial charge in [0.2, 0.25) is 11.6 Å². The summed E-state index contributed by atoms with van der Waals surface area (Å²) in [5, 5.41) is 0. The maximum absolute atomic E-state index is 10.5. The highest BCUT2D eigenvalue weighted by Crippen LogP contribution is 2.09. The van der Waals surface area contributed by atoms with Gasteiger partial charge in [0.1, 0.15) is 0 Å². The SMILES string of the molecule is CC1C(=O)C(=O)C(=O)C1=O. The highest BCUT2D eigenvalue weighted by Gasteiger charge is 2.45. The second kappa shape index (κ2) is 1.83. The van der Waals surface area contributed by atoms with E-state index in [1.54, 1.807) is 0 Å². The third-order valence-corrected chi connectivity index (χ3v) is 1.44. The lowest BCUT2D eigenvalue weighted by molar-refractivity contribution is -0.142. The van der Waals surface area contributed by atoms with Crippen molar-refractivity contribution in [2.24, 2.45) is 5.92 Å². The van der Waals surface area contributed by atoms with E-state index in [0.717, 1.165) is 0 Å². The zero-order valence-corrected chi connectivity index (χ0v) is 5.21. The lowest BCUT2D eigenvalue weighted by Crippen LogP contribution is -2.15. The molecule has 1 aliphatic carbocycles. The molecule has 0 atom stereocenters. The summed E-state index contributed by atoms with van der Waals surface area (Å²) in [6, 6.07) is 0. The minimum absolute atomic E-state index is 0.880. The topological polar surface area (TPSA) is 68.3 Å². The van der Waals surface area contributed by atoms with Crippen LogP contribution in [0.3, 0.4) is 0 Å². The van der Waals surface area contributed by atoms with Crippen molar-refractivity contribution in [3.63, 3.8) is 0 Å². The molecule has 0 radical (unpaired) electrons. The summed E-state index contributed by atoms with van der Waals surface area (Å²) in [6.07, 6.45) is 0. The molecule has 0 aromatic rings. The molecule has 0 saturated heterocycles. The highest BCUT2D eigenvalue weighted by molar-refractivity contribution is 6.85. The van der Waals surface area contributed by atoms with Crippen LogP contribution in [0.5, 0.6) is 0 Å². The van der Waals surface area contributed by atoms with Crippen molar-refractivity contribution in [2.45, 2.75) is 6.92 Å². The second-order valence-electron chi connectivity index (χ2n) is 2.11. The maximum atomic E-state index is 10.5. The first-order chi connectivity index (χ1) is 4.55. The molecule has 1 fully saturated rings. The lowest BCUT2D eigenvalue weighted by atomic mass is 10.1. The Bertz CT molecular complexity index is 224. The van der Waals surface area contributed by atoms with Gasteiger partial charge in [-0.15, -0.1) is 0 Å². The Kier molecular flexibility index (Phi) is 1.24. The molecule has 1 rings (SSSR count). The molecule has 4 nitrogen and oxygen atoms in total. The van der Waals surface area contributed by atoms with E-state index in [9.17, 15) is 19.2 Å². The molecule has 0 bridgehead atoms. The fourth-order valence-corrected chi connectivity index (χ4v) is 0.736. The maximum Gasteiger partial charge on any atom is 0.272 e. The van der Waals surface area contributed by atoms with Gasteiger partial charge in [-0.2, -0.15) is 0 Å². The summed E-state index contributed by atoms with van der Waals surface area (Å²) in [4.78, 5) is 41.9. The van der Waals surface area contributed by atoms with Crippen LogP contribution < -0.4 is 0 Å². The minimum atomic E-state index is -1.17. The molecule has 4 heteroatoms. The molecule has 1 aliphatic rings. The third kappa shape index (κ3) is 0.618. The molecular formula is C6H4O4. The van der Waals surface area contributed by atoms with Crippen molar-refractivity contribution in [2.75, 3.05) is 0 Å². The molecule has 52 valence electrons. The number of Topliss-reactive ketones (excluding diaryl/α,β-unsaturated/α-hetero) is 4. The molecular weight excluding hydrogens is 136 g/mol. The van der Waals surface area contributed by atoms with E-state index in [1.807, 2.05) is 0 Å². The standard InChI is InChI=1S/C6H4O4/c1-2-3(7)5(9)6(10)4(2)8/h2H,1H3. The molecule has 0 spiro atoms. The normalized spacial score (nSPS) is 20.9. The van der Waals surface area contributed by atoms with Crippen LogP contribution in [0.2, 0.25) is 0 Å². The van der Waals surface area contributed by atoms with Crippen molar-refractivity contribution in [3.8, 4) is 0 Å². The summed E-state index contributed by atoms with van der Waals surface area (Å²) in [7, 11) is 0. The summed E-state index contributed by atoms with van der Waals surface area (Å²) < 4.78 is 0. The van der Waals surface area contributed by atoms with E-state index in [0.29, 0.717) is 0 Å². The Morgan fingerprint density at radius 3 is 1.30 bits per heavy atom. The molecule has 0 N–H and O–H groups in total. The third-order valence-electron chi connectivity index (χ3n) is 1.44. The van der Waals surface area contributed by atoms with Crippen LogP contribution in [0, 0.1) is 5.92 Å². The number of hydrogen-bond acceptors (Lipinski definition) is 4. The molecule has 0 aromatic carbocycles. The van der Waals surface area contributed by atoms with Gasteiger partial charge in [-0.05, 0) is 6.92 Å². The van der Waals surface area contributed by atoms with Crippen molar-refractivity contribution in [1.29, 1.82) is 0 Å². The van der Waals surface area contributed by atoms with E-state index < -0.39 is 29.1 Å². The van der Waals surface area contributed by atoms with Gasteiger partial charge in [0.25, 0.3) is 11.6 Å². The van der Waals surface area contributed by atoms with Crippen LogP contribution in [0.15, 0.2) is 0 Å². The van der Waals surface area contributed by atoms with Gasteiger partial charge < -0.3 is 0 Å². The zero-order valence-electron chi connectivity index (χ0n) is 5.21. The Labute approximate surface area is 56.2 Å². The van der Waals surface area contributed by atoms with Crippen LogP contribution in [0.25, 0.3) is 0 Å². The van der Waals surface area contributed by atoms with Gasteiger partial charge in [-0.25, -0.2) is 0 Å². The van der Waals surface area contributed by atoms with E-state index >= 15 is 0 Å². The first kappa shape index (κ1) is 6.80. The van der Waals surface area contributed by atoms with E-state index in [-0.39, 0.29) is 0 Å². The predicted octanol–water partition coefficient (Wildman–Crippen LogP) is -1.09. The zero-order chi connectivity index (χ0) is 7.89. The predicted molar refractivity (Wildman–Crippen MR) is 29.2 cm³/mol. The minimum Gasteiger partial charge on any atom is -0.290 e. The van der Waals surface area contributed by atoms with Gasteiger partial charge in [0, 0.05) is 0 Å². The van der Waals surface area contributed by atoms with Crippen LogP contribution in [0.4, 0.5) is 0 Å². The Morgan fingerprint density at radius 2 is 1.20 bits per heavy atom. The summed E-state index contributed by atoms with van der Waals surface area (Å²) in [5.41, 5.74) is 0. The fraction of sp³-hybridized carbons (Fsp3) is 0.333. The lowest BCUT2D eigenvalue weighted by Gasteiger charge is -1.87.